The van der Waals surface area contributed by atoms with Crippen molar-refractivity contribution in [2.24, 2.45) is 0 Å². The first-order valence-electron chi connectivity index (χ1n) is 7.23. The number of nitro groups is 2. The molecule has 1 aliphatic rings. The van der Waals surface area contributed by atoms with Crippen molar-refractivity contribution in [3.8, 4) is 5.75 Å². The highest BCUT2D eigenvalue weighted by Gasteiger charge is 2.49. The van der Waals surface area contributed by atoms with E-state index in [1.54, 1.807) is 48.5 Å². The van der Waals surface area contributed by atoms with E-state index in [-0.39, 0.29) is 0 Å². The Kier molecular flexibility index (Phi) is 4.35. The summed E-state index contributed by atoms with van der Waals surface area (Å²) in [5.74, 6) is -0.442. The lowest BCUT2D eigenvalue weighted by molar-refractivity contribution is -0.558. The van der Waals surface area contributed by atoms with Crippen LogP contribution in [0.1, 0.15) is 23.1 Å². The van der Waals surface area contributed by atoms with E-state index in [2.05, 4.69) is 0 Å². The van der Waals surface area contributed by atoms with Crippen molar-refractivity contribution in [3.63, 3.8) is 0 Å². The van der Waals surface area contributed by atoms with Gasteiger partial charge in [-0.3, -0.25) is 20.2 Å². The van der Waals surface area contributed by atoms with Crippen molar-refractivity contribution < 1.29 is 14.6 Å². The van der Waals surface area contributed by atoms with Gasteiger partial charge < -0.3 is 4.74 Å². The van der Waals surface area contributed by atoms with Crippen LogP contribution in [-0.2, 0) is 0 Å². The lowest BCUT2D eigenvalue weighted by Crippen LogP contribution is -2.42. The largest absolute Gasteiger partial charge is 0.478 e. The van der Waals surface area contributed by atoms with Gasteiger partial charge in [0.15, 0.2) is 6.10 Å². The Morgan fingerprint density at radius 1 is 1.04 bits per heavy atom. The Morgan fingerprint density at radius 3 is 2.33 bits per heavy atom. The molecule has 0 aromatic heterocycles. The van der Waals surface area contributed by atoms with Crippen LogP contribution in [0.4, 0.5) is 0 Å². The van der Waals surface area contributed by atoms with Crippen molar-refractivity contribution in [1.29, 1.82) is 0 Å². The van der Waals surface area contributed by atoms with Gasteiger partial charge in [0.05, 0.1) is 0 Å². The van der Waals surface area contributed by atoms with Crippen LogP contribution in [0.5, 0.6) is 5.75 Å². The summed E-state index contributed by atoms with van der Waals surface area (Å²) in [6, 6.07) is 12.0. The van der Waals surface area contributed by atoms with E-state index in [1.165, 1.54) is 0 Å². The molecule has 1 aliphatic heterocycles. The summed E-state index contributed by atoms with van der Waals surface area (Å²) >= 11 is 5.86. The van der Waals surface area contributed by atoms with E-state index < -0.39 is 34.5 Å². The number of rotatable bonds is 4. The maximum atomic E-state index is 11.7. The molecule has 0 saturated carbocycles. The number of hydrogen-bond donors (Lipinski definition) is 0. The zero-order chi connectivity index (χ0) is 17.3. The first kappa shape index (κ1) is 16.2. The van der Waals surface area contributed by atoms with Crippen LogP contribution in [0, 0.1) is 20.2 Å². The van der Waals surface area contributed by atoms with Gasteiger partial charge in [0.2, 0.25) is 6.54 Å². The molecule has 0 aliphatic carbocycles. The lowest BCUT2D eigenvalue weighted by Gasteiger charge is -2.33. The van der Waals surface area contributed by atoms with Gasteiger partial charge in [-0.15, -0.1) is 0 Å². The molecule has 0 saturated heterocycles. The second-order valence-electron chi connectivity index (χ2n) is 5.53. The van der Waals surface area contributed by atoms with Gasteiger partial charge in [0.25, 0.3) is 6.04 Å². The van der Waals surface area contributed by atoms with Gasteiger partial charge >= 0.3 is 0 Å². The number of para-hydroxylation sites is 1. The molecule has 0 bridgehead atoms. The predicted molar refractivity (Wildman–Crippen MR) is 86.6 cm³/mol. The van der Waals surface area contributed by atoms with Crippen LogP contribution in [0.25, 0.3) is 0 Å². The van der Waals surface area contributed by atoms with E-state index in [9.17, 15) is 20.2 Å². The minimum atomic E-state index is -1.26. The van der Waals surface area contributed by atoms with E-state index in [1.807, 2.05) is 0 Å². The molecule has 0 amide bonds. The summed E-state index contributed by atoms with van der Waals surface area (Å²) in [5.41, 5.74) is 1.05. The molecular weight excluding hydrogens is 336 g/mol. The highest BCUT2D eigenvalue weighted by molar-refractivity contribution is 6.30. The van der Waals surface area contributed by atoms with E-state index in [0.717, 1.165) is 0 Å². The second-order valence-corrected chi connectivity index (χ2v) is 5.96. The molecule has 1 heterocycles. The number of hydrogen-bond acceptors (Lipinski definition) is 5. The maximum Gasteiger partial charge on any atom is 0.266 e. The van der Waals surface area contributed by atoms with Gasteiger partial charge in [-0.05, 0) is 23.8 Å². The van der Waals surface area contributed by atoms with Crippen molar-refractivity contribution in [2.45, 2.75) is 18.1 Å². The lowest BCUT2D eigenvalue weighted by atomic mass is 9.83. The first-order valence-corrected chi connectivity index (χ1v) is 7.61. The summed E-state index contributed by atoms with van der Waals surface area (Å²) in [4.78, 5) is 21.7. The van der Waals surface area contributed by atoms with Crippen LogP contribution >= 0.6 is 11.6 Å². The zero-order valence-corrected chi connectivity index (χ0v) is 13.1. The molecule has 2 aromatic rings. The smallest absolute Gasteiger partial charge is 0.266 e. The van der Waals surface area contributed by atoms with Crippen LogP contribution in [0.15, 0.2) is 48.5 Å². The number of halogens is 1. The topological polar surface area (TPSA) is 95.5 Å². The number of benzene rings is 2. The van der Waals surface area contributed by atoms with E-state index in [4.69, 9.17) is 16.3 Å². The minimum Gasteiger partial charge on any atom is -0.478 e. The third kappa shape index (κ3) is 3.03. The standard InChI is InChI=1S/C16H13ClN2O5/c17-11-7-5-10(6-8-11)16-15(19(22)23)13(9-18(20)21)12-3-1-2-4-14(12)24-16/h1-8,13,15-16H,9H2/t13-,15+,16+/m1/s1. The molecule has 124 valence electrons. The van der Waals surface area contributed by atoms with Gasteiger partial charge in [-0.1, -0.05) is 41.9 Å². The van der Waals surface area contributed by atoms with Gasteiger partial charge in [0, 0.05) is 20.4 Å². The molecule has 0 spiro atoms. The van der Waals surface area contributed by atoms with E-state index in [0.29, 0.717) is 21.9 Å². The SMILES string of the molecule is O=[N+]([O-])C[C@@H]1c2ccccc2O[C@@H](c2ccc(Cl)cc2)[C@H]1[N+](=O)[O-]. The molecule has 0 fully saturated rings. The highest BCUT2D eigenvalue weighted by Crippen LogP contribution is 2.43. The first-order chi connectivity index (χ1) is 11.5. The monoisotopic (exact) mass is 348 g/mol. The fraction of sp³-hybridized carbons (Fsp3) is 0.250. The van der Waals surface area contributed by atoms with Crippen molar-refractivity contribution >= 4 is 11.6 Å². The van der Waals surface area contributed by atoms with Crippen LogP contribution < -0.4 is 4.74 Å². The molecule has 3 atom stereocenters. The molecule has 0 radical (unpaired) electrons. The number of nitrogens with zero attached hydrogens (tertiary/aromatic N) is 2. The maximum absolute atomic E-state index is 11.7. The summed E-state index contributed by atoms with van der Waals surface area (Å²) in [7, 11) is 0. The Morgan fingerprint density at radius 2 is 1.71 bits per heavy atom. The average molecular weight is 349 g/mol. The third-order valence-electron chi connectivity index (χ3n) is 4.08. The second kappa shape index (κ2) is 6.45. The van der Waals surface area contributed by atoms with Crippen LogP contribution in [0.2, 0.25) is 5.02 Å². The van der Waals surface area contributed by atoms with Crippen LogP contribution in [-0.4, -0.2) is 22.4 Å². The molecule has 0 unspecified atom stereocenters. The number of fused-ring (bicyclic) bond motifs is 1. The molecule has 3 rings (SSSR count). The fourth-order valence-corrected chi connectivity index (χ4v) is 3.16. The van der Waals surface area contributed by atoms with Gasteiger partial charge in [-0.2, -0.15) is 0 Å². The fourth-order valence-electron chi connectivity index (χ4n) is 3.04. The minimum absolute atomic E-state index is 0.433. The normalized spacial score (nSPS) is 22.3. The Bertz CT molecular complexity index is 780. The van der Waals surface area contributed by atoms with Gasteiger partial charge in [-0.25, -0.2) is 0 Å². The molecule has 7 nitrogen and oxygen atoms in total. The number of ether oxygens (including phenoxy) is 1. The molecular formula is C16H13ClN2O5. The summed E-state index contributed by atoms with van der Waals surface area (Å²) in [5, 5.41) is 23.2. The molecule has 2 aromatic carbocycles. The average Bonchev–Trinajstić information content (AvgIpc) is 2.54. The summed E-state index contributed by atoms with van der Waals surface area (Å²) in [6.45, 7) is -0.532. The summed E-state index contributed by atoms with van der Waals surface area (Å²) in [6.07, 6.45) is -0.919. The zero-order valence-electron chi connectivity index (χ0n) is 12.4. The molecule has 8 heteroatoms. The van der Waals surface area contributed by atoms with Crippen molar-refractivity contribution in [2.75, 3.05) is 6.54 Å². The van der Waals surface area contributed by atoms with Crippen molar-refractivity contribution in [3.05, 3.63) is 84.9 Å². The van der Waals surface area contributed by atoms with E-state index >= 15 is 0 Å². The molecule has 24 heavy (non-hydrogen) atoms. The van der Waals surface area contributed by atoms with Crippen molar-refractivity contribution in [1.82, 2.24) is 0 Å². The Labute approximate surface area is 142 Å². The Hall–Kier alpha value is -2.67. The van der Waals surface area contributed by atoms with Crippen LogP contribution in [0.3, 0.4) is 0 Å². The molecule has 0 N–H and O–H groups in total. The quantitative estimate of drug-likeness (QED) is 0.622. The summed E-state index contributed by atoms with van der Waals surface area (Å²) < 4.78 is 5.84. The third-order valence-corrected chi connectivity index (χ3v) is 4.33. The Balaban J connectivity index is 2.10. The van der Waals surface area contributed by atoms with Gasteiger partial charge in [0.1, 0.15) is 11.7 Å². The predicted octanol–water partition coefficient (Wildman–Crippen LogP) is 3.48. The highest BCUT2D eigenvalue weighted by atomic mass is 35.5.